The van der Waals surface area contributed by atoms with Gasteiger partial charge in [-0.1, -0.05) is 127 Å². The summed E-state index contributed by atoms with van der Waals surface area (Å²) < 4.78 is 11.6. The van der Waals surface area contributed by atoms with Crippen molar-refractivity contribution in [1.29, 1.82) is 0 Å². The molecular formula is C51H30N4OS. The lowest BCUT2D eigenvalue weighted by Crippen LogP contribution is -2.00. The van der Waals surface area contributed by atoms with E-state index in [0.29, 0.717) is 17.5 Å². The molecule has 4 heterocycles. The third-order valence-corrected chi connectivity index (χ3v) is 12.2. The molecule has 0 saturated carbocycles. The Morgan fingerprint density at radius 2 is 1.00 bits per heavy atom. The van der Waals surface area contributed by atoms with Crippen LogP contribution in [0.5, 0.6) is 0 Å². The zero-order valence-electron chi connectivity index (χ0n) is 30.4. The van der Waals surface area contributed by atoms with Crippen LogP contribution in [0.4, 0.5) is 0 Å². The van der Waals surface area contributed by atoms with Crippen LogP contribution in [-0.2, 0) is 0 Å². The van der Waals surface area contributed by atoms with Gasteiger partial charge in [0.25, 0.3) is 0 Å². The molecule has 57 heavy (non-hydrogen) atoms. The molecular weight excluding hydrogens is 717 g/mol. The number of nitrogens with zero attached hydrogens (tertiary/aromatic N) is 4. The molecule has 0 aliphatic rings. The van der Waals surface area contributed by atoms with E-state index in [0.717, 1.165) is 49.8 Å². The molecule has 0 unspecified atom stereocenters. The van der Waals surface area contributed by atoms with Gasteiger partial charge in [0.2, 0.25) is 0 Å². The van der Waals surface area contributed by atoms with Crippen LogP contribution >= 0.6 is 11.3 Å². The highest BCUT2D eigenvalue weighted by molar-refractivity contribution is 7.25. The number of hydrogen-bond donors (Lipinski definition) is 0. The summed E-state index contributed by atoms with van der Waals surface area (Å²) >= 11 is 1.85. The van der Waals surface area contributed by atoms with E-state index < -0.39 is 0 Å². The fourth-order valence-corrected chi connectivity index (χ4v) is 9.59. The molecule has 0 saturated heterocycles. The summed E-state index contributed by atoms with van der Waals surface area (Å²) in [4.78, 5) is 14.8. The van der Waals surface area contributed by atoms with Gasteiger partial charge < -0.3 is 8.98 Å². The first kappa shape index (κ1) is 31.9. The van der Waals surface area contributed by atoms with Gasteiger partial charge in [-0.25, -0.2) is 15.0 Å². The molecule has 0 aliphatic carbocycles. The number of hydrogen-bond acceptors (Lipinski definition) is 5. The smallest absolute Gasteiger partial charge is 0.164 e. The highest BCUT2D eigenvalue weighted by Gasteiger charge is 2.20. The second-order valence-electron chi connectivity index (χ2n) is 14.4. The Morgan fingerprint density at radius 1 is 0.386 bits per heavy atom. The second-order valence-corrected chi connectivity index (χ2v) is 15.4. The summed E-state index contributed by atoms with van der Waals surface area (Å²) in [6.45, 7) is 0. The Hall–Kier alpha value is -7.41. The maximum Gasteiger partial charge on any atom is 0.164 e. The molecule has 0 amide bonds. The third kappa shape index (κ3) is 5.04. The summed E-state index contributed by atoms with van der Waals surface area (Å²) in [5.74, 6) is 1.85. The highest BCUT2D eigenvalue weighted by atomic mass is 32.1. The average molecular weight is 747 g/mol. The predicted octanol–water partition coefficient (Wildman–Crippen LogP) is 13.9. The predicted molar refractivity (Wildman–Crippen MR) is 236 cm³/mol. The van der Waals surface area contributed by atoms with E-state index in [1.807, 2.05) is 72.0 Å². The Balaban J connectivity index is 1.02. The monoisotopic (exact) mass is 746 g/mol. The lowest BCUT2D eigenvalue weighted by Gasteiger charge is -2.11. The minimum absolute atomic E-state index is 0.596. The standard InChI is InChI=1S/C51H30N4OS/c1-3-13-31(14-4-1)49-52-50(32-15-5-2-6-16-32)54-51(53-49)34-25-27-38-44(30-34)56-43-23-11-19-35(47(38)43)33-26-28-45-39(29-33)48-42(22-12-24-46(48)57-45)55-40-20-9-7-17-36(40)37-18-8-10-21-41(37)55/h1-30H. The van der Waals surface area contributed by atoms with E-state index in [4.69, 9.17) is 19.4 Å². The topological polar surface area (TPSA) is 56.7 Å². The van der Waals surface area contributed by atoms with Gasteiger partial charge >= 0.3 is 0 Å². The van der Waals surface area contributed by atoms with Crippen molar-refractivity contribution >= 4 is 75.3 Å². The molecule has 0 spiro atoms. The zero-order chi connectivity index (χ0) is 37.5. The average Bonchev–Trinajstić information content (AvgIpc) is 3.96. The molecule has 0 radical (unpaired) electrons. The minimum atomic E-state index is 0.596. The molecule has 0 N–H and O–H groups in total. The van der Waals surface area contributed by atoms with Gasteiger partial charge in [0.15, 0.2) is 17.5 Å². The van der Waals surface area contributed by atoms with Crippen LogP contribution in [0.25, 0.3) is 115 Å². The first-order valence-corrected chi connectivity index (χ1v) is 19.8. The largest absolute Gasteiger partial charge is 0.456 e. The van der Waals surface area contributed by atoms with Gasteiger partial charge in [0, 0.05) is 58.4 Å². The van der Waals surface area contributed by atoms with E-state index in [2.05, 4.69) is 126 Å². The van der Waals surface area contributed by atoms with Gasteiger partial charge in [-0.2, -0.15) is 0 Å². The van der Waals surface area contributed by atoms with E-state index in [-0.39, 0.29) is 0 Å². The van der Waals surface area contributed by atoms with Gasteiger partial charge in [0.05, 0.1) is 16.7 Å². The molecule has 4 aromatic heterocycles. The normalized spacial score (nSPS) is 11.9. The van der Waals surface area contributed by atoms with Crippen molar-refractivity contribution in [1.82, 2.24) is 19.5 Å². The highest BCUT2D eigenvalue weighted by Crippen LogP contribution is 2.44. The maximum absolute atomic E-state index is 6.63. The second kappa shape index (κ2) is 12.6. The first-order chi connectivity index (χ1) is 28.2. The third-order valence-electron chi connectivity index (χ3n) is 11.1. The number of thiophene rings is 1. The van der Waals surface area contributed by atoms with Crippen molar-refractivity contribution in [3.63, 3.8) is 0 Å². The van der Waals surface area contributed by atoms with Crippen molar-refractivity contribution in [2.75, 3.05) is 0 Å². The van der Waals surface area contributed by atoms with Gasteiger partial charge in [-0.3, -0.25) is 0 Å². The molecule has 0 atom stereocenters. The van der Waals surface area contributed by atoms with Gasteiger partial charge in [0.1, 0.15) is 11.2 Å². The van der Waals surface area contributed by atoms with Crippen molar-refractivity contribution in [3.05, 3.63) is 182 Å². The number of para-hydroxylation sites is 2. The van der Waals surface area contributed by atoms with Crippen molar-refractivity contribution in [2.45, 2.75) is 0 Å². The molecule has 0 fully saturated rings. The molecule has 8 aromatic carbocycles. The molecule has 0 aliphatic heterocycles. The summed E-state index contributed by atoms with van der Waals surface area (Å²) in [7, 11) is 0. The number of fused-ring (bicyclic) bond motifs is 9. The number of benzene rings is 8. The van der Waals surface area contributed by atoms with Crippen molar-refractivity contribution < 1.29 is 4.42 Å². The summed E-state index contributed by atoms with van der Waals surface area (Å²) in [5.41, 5.74) is 10.2. The SMILES string of the molecule is c1ccc(-c2nc(-c3ccccc3)nc(-c3ccc4c(c3)oc3cccc(-c5ccc6sc7cccc(-n8c9ccccc9c9ccccc98)c7c6c5)c34)n2)cc1. The molecule has 12 rings (SSSR count). The molecule has 266 valence electrons. The van der Waals surface area contributed by atoms with Crippen molar-refractivity contribution in [2.24, 2.45) is 0 Å². The molecule has 5 nitrogen and oxygen atoms in total. The van der Waals surface area contributed by atoms with Gasteiger partial charge in [-0.15, -0.1) is 11.3 Å². The first-order valence-electron chi connectivity index (χ1n) is 19.0. The summed E-state index contributed by atoms with van der Waals surface area (Å²) in [6.07, 6.45) is 0. The fraction of sp³-hybridized carbons (Fsp3) is 0. The Bertz CT molecular complexity index is 3420. The minimum Gasteiger partial charge on any atom is -0.456 e. The van der Waals surface area contributed by atoms with Crippen LogP contribution in [0.1, 0.15) is 0 Å². The van der Waals surface area contributed by atoms with Crippen LogP contribution < -0.4 is 0 Å². The molecule has 12 aromatic rings. The van der Waals surface area contributed by atoms with Crippen LogP contribution in [-0.4, -0.2) is 19.5 Å². The number of rotatable bonds is 5. The zero-order valence-corrected chi connectivity index (χ0v) is 31.2. The van der Waals surface area contributed by atoms with E-state index >= 15 is 0 Å². The van der Waals surface area contributed by atoms with Crippen LogP contribution in [0, 0.1) is 0 Å². The van der Waals surface area contributed by atoms with E-state index in [1.165, 1.54) is 47.7 Å². The van der Waals surface area contributed by atoms with E-state index in [9.17, 15) is 0 Å². The van der Waals surface area contributed by atoms with Gasteiger partial charge in [-0.05, 0) is 65.7 Å². The maximum atomic E-state index is 6.63. The molecule has 6 heteroatoms. The quantitative estimate of drug-likeness (QED) is 0.176. The van der Waals surface area contributed by atoms with Crippen LogP contribution in [0.3, 0.4) is 0 Å². The number of aromatic nitrogens is 4. The Morgan fingerprint density at radius 3 is 1.70 bits per heavy atom. The summed E-state index contributed by atoms with van der Waals surface area (Å²) in [6, 6.07) is 63.8. The summed E-state index contributed by atoms with van der Waals surface area (Å²) in [5, 5.41) is 7.17. The van der Waals surface area contributed by atoms with Crippen LogP contribution in [0.15, 0.2) is 186 Å². The van der Waals surface area contributed by atoms with Crippen LogP contribution in [0.2, 0.25) is 0 Å². The Labute approximate surface area is 330 Å². The lowest BCUT2D eigenvalue weighted by molar-refractivity contribution is 0.669. The van der Waals surface area contributed by atoms with E-state index in [1.54, 1.807) is 0 Å². The number of furan rings is 1. The van der Waals surface area contributed by atoms with Crippen molar-refractivity contribution in [3.8, 4) is 51.0 Å². The Kier molecular flexibility index (Phi) is 7.03. The fourth-order valence-electron chi connectivity index (χ4n) is 8.49. The molecule has 0 bridgehead atoms. The lowest BCUT2D eigenvalue weighted by atomic mass is 9.97.